The third-order valence-corrected chi connectivity index (χ3v) is 4.74. The van der Waals surface area contributed by atoms with E-state index in [1.54, 1.807) is 11.0 Å². The molecule has 130 valence electrons. The molecule has 1 aliphatic heterocycles. The van der Waals surface area contributed by atoms with Crippen LogP contribution in [0.1, 0.15) is 23.1 Å². The Morgan fingerprint density at radius 3 is 2.64 bits per heavy atom. The van der Waals surface area contributed by atoms with Gasteiger partial charge in [0.2, 0.25) is 5.91 Å². The fraction of sp³-hybridized carbons (Fsp3) is 0.300. The van der Waals surface area contributed by atoms with E-state index in [4.69, 9.17) is 16.3 Å². The number of esters is 1. The molecule has 2 aromatic rings. The number of ether oxygens (including phenoxy) is 1. The van der Waals surface area contributed by atoms with Crippen molar-refractivity contribution in [3.05, 3.63) is 70.2 Å². The third-order valence-electron chi connectivity index (χ3n) is 4.37. The van der Waals surface area contributed by atoms with E-state index in [1.165, 1.54) is 0 Å². The Labute approximate surface area is 152 Å². The van der Waals surface area contributed by atoms with E-state index in [-0.39, 0.29) is 24.9 Å². The maximum absolute atomic E-state index is 12.3. The summed E-state index contributed by atoms with van der Waals surface area (Å²) in [6.45, 7) is 3.03. The maximum Gasteiger partial charge on any atom is 0.311 e. The molecule has 2 aromatic carbocycles. The molecular weight excluding hydrogens is 338 g/mol. The van der Waals surface area contributed by atoms with Crippen molar-refractivity contribution in [2.24, 2.45) is 5.92 Å². The number of halogens is 1. The summed E-state index contributed by atoms with van der Waals surface area (Å²) < 4.78 is 5.38. The predicted molar refractivity (Wildman–Crippen MR) is 96.0 cm³/mol. The molecule has 0 radical (unpaired) electrons. The normalized spacial score (nSPS) is 17.0. The van der Waals surface area contributed by atoms with Gasteiger partial charge in [-0.25, -0.2) is 0 Å². The lowest BCUT2D eigenvalue weighted by atomic mass is 10.1. The van der Waals surface area contributed by atoms with Crippen LogP contribution in [-0.4, -0.2) is 23.3 Å². The van der Waals surface area contributed by atoms with Gasteiger partial charge in [-0.3, -0.25) is 9.59 Å². The number of hydrogen-bond acceptors (Lipinski definition) is 3. The van der Waals surface area contributed by atoms with Crippen molar-refractivity contribution in [3.63, 3.8) is 0 Å². The minimum Gasteiger partial charge on any atom is -0.461 e. The van der Waals surface area contributed by atoms with Crippen molar-refractivity contribution in [1.29, 1.82) is 0 Å². The third kappa shape index (κ3) is 4.40. The largest absolute Gasteiger partial charge is 0.461 e. The van der Waals surface area contributed by atoms with Gasteiger partial charge in [-0.15, -0.1) is 0 Å². The molecule has 1 fully saturated rings. The fourth-order valence-electron chi connectivity index (χ4n) is 2.87. The SMILES string of the molecule is Cc1ccc(COC(=O)[C@@H]2CC(=O)N(Cc3ccccc3Cl)C2)cc1. The second-order valence-electron chi connectivity index (χ2n) is 6.36. The minimum atomic E-state index is -0.416. The van der Waals surface area contributed by atoms with Gasteiger partial charge < -0.3 is 9.64 Å². The zero-order chi connectivity index (χ0) is 17.8. The summed E-state index contributed by atoms with van der Waals surface area (Å²) in [5, 5.41) is 0.626. The Kier molecular flexibility index (Phi) is 5.39. The molecule has 0 spiro atoms. The Balaban J connectivity index is 1.55. The molecule has 0 unspecified atom stereocenters. The van der Waals surface area contributed by atoms with E-state index >= 15 is 0 Å². The zero-order valence-electron chi connectivity index (χ0n) is 14.1. The molecule has 1 saturated heterocycles. The van der Waals surface area contributed by atoms with Crippen LogP contribution in [0.3, 0.4) is 0 Å². The number of likely N-dealkylation sites (tertiary alicyclic amines) is 1. The summed E-state index contributed by atoms with van der Waals surface area (Å²) in [6, 6.07) is 15.3. The molecular formula is C20H20ClNO3. The van der Waals surface area contributed by atoms with Crippen LogP contribution in [0.25, 0.3) is 0 Å². The van der Waals surface area contributed by atoms with Crippen molar-refractivity contribution in [3.8, 4) is 0 Å². The van der Waals surface area contributed by atoms with Crippen LogP contribution < -0.4 is 0 Å². The van der Waals surface area contributed by atoms with Gasteiger partial charge in [-0.2, -0.15) is 0 Å². The molecule has 5 heteroatoms. The van der Waals surface area contributed by atoms with Gasteiger partial charge in [0.05, 0.1) is 5.92 Å². The van der Waals surface area contributed by atoms with E-state index in [9.17, 15) is 9.59 Å². The number of carbonyl (C=O) groups excluding carboxylic acids is 2. The summed E-state index contributed by atoms with van der Waals surface area (Å²) in [5.74, 6) is -0.784. The summed E-state index contributed by atoms with van der Waals surface area (Å²) >= 11 is 6.15. The van der Waals surface area contributed by atoms with Crippen molar-refractivity contribution in [1.82, 2.24) is 4.90 Å². The summed E-state index contributed by atoms with van der Waals surface area (Å²) in [4.78, 5) is 26.1. The van der Waals surface area contributed by atoms with Crippen LogP contribution in [0.2, 0.25) is 5.02 Å². The minimum absolute atomic E-state index is 0.0443. The molecule has 1 aliphatic rings. The number of aryl methyl sites for hydroxylation is 1. The van der Waals surface area contributed by atoms with E-state index in [0.717, 1.165) is 16.7 Å². The molecule has 0 saturated carbocycles. The van der Waals surface area contributed by atoms with Crippen LogP contribution in [0.4, 0.5) is 0 Å². The smallest absolute Gasteiger partial charge is 0.311 e. The Hall–Kier alpha value is -2.33. The highest BCUT2D eigenvalue weighted by Crippen LogP contribution is 2.24. The predicted octanol–water partition coefficient (Wildman–Crippen LogP) is 3.74. The monoisotopic (exact) mass is 357 g/mol. The molecule has 3 rings (SSSR count). The molecule has 25 heavy (non-hydrogen) atoms. The first kappa shape index (κ1) is 17.5. The number of benzene rings is 2. The van der Waals surface area contributed by atoms with Crippen molar-refractivity contribution < 1.29 is 14.3 Å². The van der Waals surface area contributed by atoms with Gasteiger partial charge in [0.1, 0.15) is 6.61 Å². The lowest BCUT2D eigenvalue weighted by Crippen LogP contribution is -2.26. The van der Waals surface area contributed by atoms with Gasteiger partial charge in [-0.05, 0) is 24.1 Å². The number of carbonyl (C=O) groups is 2. The molecule has 1 atom stereocenters. The molecule has 0 N–H and O–H groups in total. The average Bonchev–Trinajstić information content (AvgIpc) is 2.97. The highest BCUT2D eigenvalue weighted by Gasteiger charge is 2.35. The van der Waals surface area contributed by atoms with E-state index < -0.39 is 5.92 Å². The van der Waals surface area contributed by atoms with E-state index in [2.05, 4.69) is 0 Å². The highest BCUT2D eigenvalue weighted by atomic mass is 35.5. The topological polar surface area (TPSA) is 46.6 Å². The molecule has 0 aliphatic carbocycles. The Bertz CT molecular complexity index is 773. The standard InChI is InChI=1S/C20H20ClNO3/c1-14-6-8-15(9-7-14)13-25-20(24)17-10-19(23)22(12-17)11-16-4-2-3-5-18(16)21/h2-9,17H,10-13H2,1H3/t17-/m1/s1. The Morgan fingerprint density at radius 2 is 1.92 bits per heavy atom. The highest BCUT2D eigenvalue weighted by molar-refractivity contribution is 6.31. The van der Waals surface area contributed by atoms with Crippen LogP contribution in [-0.2, 0) is 27.5 Å². The average molecular weight is 358 g/mol. The first-order valence-corrected chi connectivity index (χ1v) is 8.64. The Morgan fingerprint density at radius 1 is 1.20 bits per heavy atom. The van der Waals surface area contributed by atoms with Gasteiger partial charge >= 0.3 is 5.97 Å². The summed E-state index contributed by atoms with van der Waals surface area (Å²) in [6.07, 6.45) is 0.192. The first-order chi connectivity index (χ1) is 12.0. The van der Waals surface area contributed by atoms with Crippen LogP contribution >= 0.6 is 11.6 Å². The van der Waals surface area contributed by atoms with E-state index in [1.807, 2.05) is 49.4 Å². The number of nitrogens with zero attached hydrogens (tertiary/aromatic N) is 1. The maximum atomic E-state index is 12.3. The zero-order valence-corrected chi connectivity index (χ0v) is 14.8. The molecule has 0 aromatic heterocycles. The van der Waals surface area contributed by atoms with Crippen LogP contribution in [0.5, 0.6) is 0 Å². The molecule has 1 heterocycles. The second kappa shape index (κ2) is 7.70. The molecule has 4 nitrogen and oxygen atoms in total. The fourth-order valence-corrected chi connectivity index (χ4v) is 3.07. The van der Waals surface area contributed by atoms with Gasteiger partial charge in [0.25, 0.3) is 0 Å². The first-order valence-electron chi connectivity index (χ1n) is 8.26. The van der Waals surface area contributed by atoms with E-state index in [0.29, 0.717) is 18.1 Å². The lowest BCUT2D eigenvalue weighted by molar-refractivity contribution is -0.149. The van der Waals surface area contributed by atoms with Crippen molar-refractivity contribution in [2.75, 3.05) is 6.54 Å². The molecule has 1 amide bonds. The van der Waals surface area contributed by atoms with Crippen molar-refractivity contribution in [2.45, 2.75) is 26.5 Å². The van der Waals surface area contributed by atoms with Gasteiger partial charge in [-0.1, -0.05) is 59.6 Å². The number of hydrogen-bond donors (Lipinski definition) is 0. The summed E-state index contributed by atoms with van der Waals surface area (Å²) in [7, 11) is 0. The van der Waals surface area contributed by atoms with Crippen molar-refractivity contribution >= 4 is 23.5 Å². The number of rotatable bonds is 5. The molecule has 0 bridgehead atoms. The second-order valence-corrected chi connectivity index (χ2v) is 6.77. The van der Waals surface area contributed by atoms with Crippen LogP contribution in [0, 0.1) is 12.8 Å². The summed E-state index contributed by atoms with van der Waals surface area (Å²) in [5.41, 5.74) is 2.98. The van der Waals surface area contributed by atoms with Gasteiger partial charge in [0, 0.05) is 24.5 Å². The number of amides is 1. The lowest BCUT2D eigenvalue weighted by Gasteiger charge is -2.17. The quantitative estimate of drug-likeness (QED) is 0.766. The van der Waals surface area contributed by atoms with Crippen LogP contribution in [0.15, 0.2) is 48.5 Å². The van der Waals surface area contributed by atoms with Gasteiger partial charge in [0.15, 0.2) is 0 Å².